The number of benzene rings is 1. The minimum Gasteiger partial charge on any atom is -0.438 e. The lowest BCUT2D eigenvalue weighted by molar-refractivity contribution is 0.194. The number of hydrogen-bond donors (Lipinski definition) is 1. The van der Waals surface area contributed by atoms with Gasteiger partial charge >= 0.3 is 0 Å². The van der Waals surface area contributed by atoms with Crippen molar-refractivity contribution in [3.63, 3.8) is 0 Å². The fraction of sp³-hybridized carbons (Fsp3) is 0.267. The summed E-state index contributed by atoms with van der Waals surface area (Å²) in [5.74, 6) is 1.22. The van der Waals surface area contributed by atoms with Crippen LogP contribution in [0.2, 0.25) is 0 Å². The van der Waals surface area contributed by atoms with Crippen LogP contribution in [0.5, 0.6) is 11.6 Å². The van der Waals surface area contributed by atoms with E-state index in [1.54, 1.807) is 19.2 Å². The van der Waals surface area contributed by atoms with Gasteiger partial charge in [0.1, 0.15) is 5.75 Å². The highest BCUT2D eigenvalue weighted by Crippen LogP contribution is 2.29. The van der Waals surface area contributed by atoms with Gasteiger partial charge in [0.15, 0.2) is 0 Å². The van der Waals surface area contributed by atoms with E-state index in [4.69, 9.17) is 4.74 Å². The summed E-state index contributed by atoms with van der Waals surface area (Å²) in [5, 5.41) is 9.68. The second kappa shape index (κ2) is 5.19. The van der Waals surface area contributed by atoms with E-state index >= 15 is 0 Å². The molecular weight excluding hydrogens is 226 g/mol. The Morgan fingerprint density at radius 3 is 2.67 bits per heavy atom. The first-order chi connectivity index (χ1) is 8.58. The van der Waals surface area contributed by atoms with Gasteiger partial charge in [-0.2, -0.15) is 0 Å². The second-order valence-electron chi connectivity index (χ2n) is 4.44. The maximum atomic E-state index is 9.68. The van der Waals surface area contributed by atoms with Crippen LogP contribution in [0.4, 0.5) is 0 Å². The minimum absolute atomic E-state index is 0.458. The summed E-state index contributed by atoms with van der Waals surface area (Å²) < 4.78 is 5.79. The smallest absolute Gasteiger partial charge is 0.225 e. The van der Waals surface area contributed by atoms with Crippen LogP contribution in [0.25, 0.3) is 0 Å². The van der Waals surface area contributed by atoms with Crippen LogP contribution in [0.1, 0.15) is 29.7 Å². The molecule has 1 N–H and O–H groups in total. The Bertz CT molecular complexity index is 550. The van der Waals surface area contributed by atoms with Gasteiger partial charge in [0.25, 0.3) is 0 Å². The number of rotatable bonds is 3. The average molecular weight is 243 g/mol. The maximum absolute atomic E-state index is 9.68. The number of aromatic nitrogens is 1. The zero-order valence-corrected chi connectivity index (χ0v) is 10.8. The zero-order chi connectivity index (χ0) is 13.1. The van der Waals surface area contributed by atoms with Gasteiger partial charge in [-0.1, -0.05) is 17.7 Å². The van der Waals surface area contributed by atoms with Gasteiger partial charge in [-0.15, -0.1) is 0 Å². The first-order valence-electron chi connectivity index (χ1n) is 5.96. The highest BCUT2D eigenvalue weighted by Gasteiger charge is 2.11. The van der Waals surface area contributed by atoms with Crippen molar-refractivity contribution in [3.05, 3.63) is 53.2 Å². The Hall–Kier alpha value is -1.87. The Morgan fingerprint density at radius 2 is 2.00 bits per heavy atom. The quantitative estimate of drug-likeness (QED) is 0.896. The molecule has 3 nitrogen and oxygen atoms in total. The lowest BCUT2D eigenvalue weighted by Gasteiger charge is -2.13. The third-order valence-electron chi connectivity index (χ3n) is 2.79. The number of pyridine rings is 1. The van der Waals surface area contributed by atoms with Gasteiger partial charge in [0.2, 0.25) is 5.88 Å². The van der Waals surface area contributed by atoms with Crippen molar-refractivity contribution >= 4 is 0 Å². The first kappa shape index (κ1) is 12.6. The fourth-order valence-corrected chi connectivity index (χ4v) is 1.82. The molecule has 2 rings (SSSR count). The summed E-state index contributed by atoms with van der Waals surface area (Å²) >= 11 is 0. The average Bonchev–Trinajstić information content (AvgIpc) is 2.33. The monoisotopic (exact) mass is 243 g/mol. The van der Waals surface area contributed by atoms with Crippen molar-refractivity contribution in [3.8, 4) is 11.6 Å². The Balaban J connectivity index is 2.34. The Morgan fingerprint density at radius 1 is 1.22 bits per heavy atom. The summed E-state index contributed by atoms with van der Waals surface area (Å²) in [6.07, 6.45) is 1.06. The standard InChI is InChI=1S/C15H17NO2/c1-10-6-7-14(11(2)9-10)18-15-13(12(3)17)5-4-8-16-15/h4-9,12,17H,1-3H3. The number of aryl methyl sites for hydroxylation is 2. The molecule has 0 spiro atoms. The van der Waals surface area contributed by atoms with Crippen LogP contribution in [-0.4, -0.2) is 10.1 Å². The van der Waals surface area contributed by atoms with Crippen LogP contribution < -0.4 is 4.74 Å². The van der Waals surface area contributed by atoms with E-state index in [1.165, 1.54) is 5.56 Å². The molecule has 0 radical (unpaired) electrons. The number of aliphatic hydroxyl groups is 1. The van der Waals surface area contributed by atoms with Crippen molar-refractivity contribution < 1.29 is 9.84 Å². The number of aliphatic hydroxyl groups excluding tert-OH is 1. The molecule has 1 aromatic carbocycles. The third kappa shape index (κ3) is 2.68. The van der Waals surface area contributed by atoms with Crippen molar-refractivity contribution in [1.29, 1.82) is 0 Å². The van der Waals surface area contributed by atoms with Crippen LogP contribution in [-0.2, 0) is 0 Å². The molecule has 0 aliphatic heterocycles. The molecule has 0 amide bonds. The summed E-state index contributed by atoms with van der Waals surface area (Å²) in [7, 11) is 0. The van der Waals surface area contributed by atoms with E-state index < -0.39 is 6.10 Å². The predicted octanol–water partition coefficient (Wildman–Crippen LogP) is 3.54. The van der Waals surface area contributed by atoms with E-state index in [9.17, 15) is 5.11 Å². The highest BCUT2D eigenvalue weighted by atomic mass is 16.5. The minimum atomic E-state index is -0.598. The van der Waals surface area contributed by atoms with Gasteiger partial charge in [0.05, 0.1) is 6.10 Å². The zero-order valence-electron chi connectivity index (χ0n) is 10.8. The van der Waals surface area contributed by atoms with Gasteiger partial charge in [-0.05, 0) is 44.5 Å². The number of ether oxygens (including phenoxy) is 1. The van der Waals surface area contributed by atoms with E-state index in [-0.39, 0.29) is 0 Å². The van der Waals surface area contributed by atoms with Crippen LogP contribution >= 0.6 is 0 Å². The normalized spacial score (nSPS) is 12.2. The molecule has 1 unspecified atom stereocenters. The molecule has 0 saturated heterocycles. The van der Waals surface area contributed by atoms with E-state index in [0.29, 0.717) is 11.4 Å². The summed E-state index contributed by atoms with van der Waals surface area (Å²) in [5.41, 5.74) is 2.94. The first-order valence-corrected chi connectivity index (χ1v) is 5.96. The topological polar surface area (TPSA) is 42.4 Å². The van der Waals surface area contributed by atoms with E-state index in [2.05, 4.69) is 11.1 Å². The molecule has 94 valence electrons. The van der Waals surface area contributed by atoms with Gasteiger partial charge < -0.3 is 9.84 Å². The molecule has 0 aliphatic carbocycles. The van der Waals surface area contributed by atoms with E-state index in [0.717, 1.165) is 11.3 Å². The van der Waals surface area contributed by atoms with Gasteiger partial charge in [-0.3, -0.25) is 0 Å². The largest absolute Gasteiger partial charge is 0.438 e. The van der Waals surface area contributed by atoms with Crippen molar-refractivity contribution in [2.45, 2.75) is 26.9 Å². The van der Waals surface area contributed by atoms with E-state index in [1.807, 2.05) is 32.0 Å². The molecule has 1 heterocycles. The lowest BCUT2D eigenvalue weighted by Crippen LogP contribution is -1.99. The van der Waals surface area contributed by atoms with Gasteiger partial charge in [-0.25, -0.2) is 4.98 Å². The number of hydrogen-bond acceptors (Lipinski definition) is 3. The summed E-state index contributed by atoms with van der Waals surface area (Å²) in [6.45, 7) is 5.73. The molecule has 0 bridgehead atoms. The summed E-state index contributed by atoms with van der Waals surface area (Å²) in [6, 6.07) is 9.58. The highest BCUT2D eigenvalue weighted by molar-refractivity contribution is 5.40. The predicted molar refractivity (Wildman–Crippen MR) is 70.9 cm³/mol. The molecule has 3 heteroatoms. The molecule has 0 aliphatic rings. The molecule has 0 saturated carbocycles. The van der Waals surface area contributed by atoms with Crippen molar-refractivity contribution in [1.82, 2.24) is 4.98 Å². The molecule has 1 aromatic heterocycles. The Kier molecular flexibility index (Phi) is 3.63. The molecule has 0 fully saturated rings. The molecule has 2 aromatic rings. The fourth-order valence-electron chi connectivity index (χ4n) is 1.82. The SMILES string of the molecule is Cc1ccc(Oc2ncccc2C(C)O)c(C)c1. The van der Waals surface area contributed by atoms with Crippen molar-refractivity contribution in [2.24, 2.45) is 0 Å². The second-order valence-corrected chi connectivity index (χ2v) is 4.44. The van der Waals surface area contributed by atoms with Crippen LogP contribution in [0, 0.1) is 13.8 Å². The van der Waals surface area contributed by atoms with Crippen molar-refractivity contribution in [2.75, 3.05) is 0 Å². The van der Waals surface area contributed by atoms with Crippen LogP contribution in [0.15, 0.2) is 36.5 Å². The lowest BCUT2D eigenvalue weighted by atomic mass is 10.1. The van der Waals surface area contributed by atoms with Crippen LogP contribution in [0.3, 0.4) is 0 Å². The maximum Gasteiger partial charge on any atom is 0.225 e. The Labute approximate surface area is 107 Å². The third-order valence-corrected chi connectivity index (χ3v) is 2.79. The van der Waals surface area contributed by atoms with Gasteiger partial charge in [0, 0.05) is 11.8 Å². The number of nitrogens with zero attached hydrogens (tertiary/aromatic N) is 1. The molecular formula is C15H17NO2. The summed E-state index contributed by atoms with van der Waals surface area (Å²) in [4.78, 5) is 4.18. The molecule has 18 heavy (non-hydrogen) atoms. The molecule has 1 atom stereocenters.